The fourth-order valence-corrected chi connectivity index (χ4v) is 0. The minimum atomic E-state index is -2.20. The standard InChI is InChI=1S/CHCl3.Br3OP/c2-1(3)4;1-5(2,3)4/h1H;. The third-order valence-electron chi connectivity index (χ3n) is 0. The van der Waals surface area contributed by atoms with Crippen molar-refractivity contribution in [2.24, 2.45) is 0 Å². The van der Waals surface area contributed by atoms with E-state index in [0.29, 0.717) is 0 Å². The van der Waals surface area contributed by atoms with Gasteiger partial charge < -0.3 is 0 Å². The summed E-state index contributed by atoms with van der Waals surface area (Å²) in [6.07, 6.45) is 0. The second-order valence-corrected chi connectivity index (χ2v) is 21.0. The van der Waals surface area contributed by atoms with Crippen LogP contribution < -0.4 is 0 Å². The van der Waals surface area contributed by atoms with E-state index in [1.807, 2.05) is 0 Å². The van der Waals surface area contributed by atoms with Gasteiger partial charge in [-0.25, -0.2) is 0 Å². The smallest absolute Gasteiger partial charge is 0.268 e. The minimum Gasteiger partial charge on any atom is -0.287 e. The Balaban J connectivity index is 0. The highest BCUT2D eigenvalue weighted by Crippen LogP contribution is 2.68. The van der Waals surface area contributed by atoms with Gasteiger partial charge in [0.25, 0.3) is 3.25 Å². The molecule has 0 aliphatic carbocycles. The van der Waals surface area contributed by atoms with E-state index < -0.39 is 7.54 Å². The first kappa shape index (κ1) is 14.1. The van der Waals surface area contributed by atoms with Crippen molar-refractivity contribution in [3.8, 4) is 0 Å². The maximum atomic E-state index is 9.97. The summed E-state index contributed by atoms with van der Waals surface area (Å²) in [5.74, 6) is 0. The van der Waals surface area contributed by atoms with Crippen LogP contribution in [-0.2, 0) is 4.57 Å². The van der Waals surface area contributed by atoms with Crippen LogP contribution in [0.1, 0.15) is 0 Å². The van der Waals surface area contributed by atoms with Gasteiger partial charge in [-0.05, 0) is 0 Å². The molecule has 0 aliphatic heterocycles. The van der Waals surface area contributed by atoms with Gasteiger partial charge in [0.2, 0.25) is 0 Å². The second-order valence-electron chi connectivity index (χ2n) is 0.646. The fraction of sp³-hybridized carbons (Fsp3) is 1.00. The van der Waals surface area contributed by atoms with Crippen LogP contribution in [0.2, 0.25) is 0 Å². The molecule has 8 heteroatoms. The quantitative estimate of drug-likeness (QED) is 0.396. The van der Waals surface area contributed by atoms with Crippen LogP contribution in [0.4, 0.5) is 0 Å². The van der Waals surface area contributed by atoms with Gasteiger partial charge in [0.05, 0.1) is 0 Å². The van der Waals surface area contributed by atoms with Crippen molar-refractivity contribution in [1.82, 2.24) is 0 Å². The van der Waals surface area contributed by atoms with Crippen LogP contribution >= 0.6 is 84.5 Å². The molecule has 0 N–H and O–H groups in total. The van der Waals surface area contributed by atoms with Crippen molar-refractivity contribution in [1.29, 1.82) is 0 Å². The van der Waals surface area contributed by atoms with Crippen molar-refractivity contribution < 1.29 is 4.57 Å². The van der Waals surface area contributed by atoms with Crippen molar-refractivity contribution in [3.63, 3.8) is 0 Å². The Kier molecular flexibility index (Phi) is 11.3. The zero-order valence-corrected chi connectivity index (χ0v) is 11.6. The SMILES string of the molecule is ClC(Cl)Cl.O=P(Br)(Br)Br. The summed E-state index contributed by atoms with van der Waals surface area (Å²) in [6.45, 7) is 0. The van der Waals surface area contributed by atoms with E-state index in [2.05, 4.69) is 46.5 Å². The van der Waals surface area contributed by atoms with Crippen molar-refractivity contribution in [3.05, 3.63) is 0 Å². The highest BCUT2D eigenvalue weighted by molar-refractivity contribution is 9.94. The van der Waals surface area contributed by atoms with E-state index >= 15 is 0 Å². The van der Waals surface area contributed by atoms with Crippen LogP contribution in [-0.4, -0.2) is 4.30 Å². The maximum Gasteiger partial charge on any atom is 0.268 e. The third kappa shape index (κ3) is 119. The van der Waals surface area contributed by atoms with Gasteiger partial charge in [-0.3, -0.25) is 4.57 Å². The van der Waals surface area contributed by atoms with Crippen LogP contribution in [0.3, 0.4) is 0 Å². The molecule has 0 radical (unpaired) electrons. The molecule has 58 valence electrons. The first-order valence-corrected chi connectivity index (χ1v) is 10.4. The molecule has 0 saturated carbocycles. The molecule has 9 heavy (non-hydrogen) atoms. The van der Waals surface area contributed by atoms with Gasteiger partial charge >= 0.3 is 0 Å². The fourth-order valence-electron chi connectivity index (χ4n) is 0. The Morgan fingerprint density at radius 2 is 1.11 bits per heavy atom. The molecule has 0 spiro atoms. The molecular weight excluding hydrogens is 405 g/mol. The molecule has 0 atom stereocenters. The lowest BCUT2D eigenvalue weighted by molar-refractivity contribution is 0.603. The third-order valence-corrected chi connectivity index (χ3v) is 0. The highest BCUT2D eigenvalue weighted by Gasteiger charge is 2.00. The number of alkyl halides is 3. The number of halogens is 6. The van der Waals surface area contributed by atoms with E-state index in [1.54, 1.807) is 0 Å². The summed E-state index contributed by atoms with van der Waals surface area (Å²) in [7, 11) is 0. The summed E-state index contributed by atoms with van der Waals surface area (Å²) in [6, 6.07) is 0. The average molecular weight is 406 g/mol. The van der Waals surface area contributed by atoms with Crippen LogP contribution in [0.5, 0.6) is 0 Å². The van der Waals surface area contributed by atoms with E-state index in [-0.39, 0.29) is 0 Å². The monoisotopic (exact) mass is 402 g/mol. The summed E-state index contributed by atoms with van der Waals surface area (Å²) < 4.78 is 7.01. The molecule has 0 aliphatic rings. The van der Waals surface area contributed by atoms with E-state index in [9.17, 15) is 4.57 Å². The van der Waals surface area contributed by atoms with Gasteiger partial charge in [0.1, 0.15) is 0 Å². The van der Waals surface area contributed by atoms with Gasteiger partial charge in [-0.15, -0.1) is 0 Å². The van der Waals surface area contributed by atoms with E-state index in [4.69, 9.17) is 34.8 Å². The van der Waals surface area contributed by atoms with E-state index in [1.165, 1.54) is 0 Å². The predicted molar refractivity (Wildman–Crippen MR) is 55.7 cm³/mol. The molecule has 0 aromatic heterocycles. The van der Waals surface area contributed by atoms with Crippen LogP contribution in [0, 0.1) is 0 Å². The highest BCUT2D eigenvalue weighted by atomic mass is 80.0. The maximum absolute atomic E-state index is 9.97. The Hall–Kier alpha value is 2.54. The molecule has 0 bridgehead atoms. The Bertz CT molecular complexity index is 90.2. The average Bonchev–Trinajstić information content (AvgIpc) is 1.19. The number of hydrogen-bond acceptors (Lipinski definition) is 1. The normalized spacial score (nSPS) is 10.6. The summed E-state index contributed by atoms with van der Waals surface area (Å²) in [5.41, 5.74) is 0. The first-order valence-electron chi connectivity index (χ1n) is 1.34. The Morgan fingerprint density at radius 3 is 1.11 bits per heavy atom. The minimum absolute atomic E-state index is 0.750. The number of hydrogen-bond donors (Lipinski definition) is 0. The molecular formula is CHBr3Cl3OP. The topological polar surface area (TPSA) is 17.1 Å². The molecule has 0 saturated heterocycles. The Labute approximate surface area is 92.4 Å². The molecule has 0 aromatic carbocycles. The summed E-state index contributed by atoms with van der Waals surface area (Å²) >= 11 is 22.7. The lowest BCUT2D eigenvalue weighted by Gasteiger charge is -1.76. The zero-order valence-electron chi connectivity index (χ0n) is 3.70. The van der Waals surface area contributed by atoms with Crippen LogP contribution in [0.25, 0.3) is 0 Å². The summed E-state index contributed by atoms with van der Waals surface area (Å²) in [5, 5.41) is 0. The summed E-state index contributed by atoms with van der Waals surface area (Å²) in [4.78, 5) is 0. The van der Waals surface area contributed by atoms with Crippen molar-refractivity contribution >= 4 is 84.5 Å². The lowest BCUT2D eigenvalue weighted by Crippen LogP contribution is -1.55. The van der Waals surface area contributed by atoms with E-state index in [0.717, 1.165) is 0 Å². The largest absolute Gasteiger partial charge is 0.287 e. The number of rotatable bonds is 0. The van der Waals surface area contributed by atoms with Crippen molar-refractivity contribution in [2.75, 3.05) is 0 Å². The molecule has 0 aromatic rings. The van der Waals surface area contributed by atoms with Crippen molar-refractivity contribution in [2.45, 2.75) is 4.30 Å². The molecule has 0 heterocycles. The zero-order chi connectivity index (χ0) is 8.08. The lowest BCUT2D eigenvalue weighted by atomic mass is 11.9. The van der Waals surface area contributed by atoms with Gasteiger partial charge in [-0.1, -0.05) is 34.8 Å². The molecule has 0 fully saturated rings. The van der Waals surface area contributed by atoms with Gasteiger partial charge in [0, 0.05) is 46.5 Å². The molecule has 0 unspecified atom stereocenters. The molecule has 0 amide bonds. The first-order chi connectivity index (χ1) is 3.73. The second kappa shape index (κ2) is 7.20. The van der Waals surface area contributed by atoms with Crippen LogP contribution in [0.15, 0.2) is 0 Å². The molecule has 1 nitrogen and oxygen atoms in total. The predicted octanol–water partition coefficient (Wildman–Crippen LogP) is 5.27. The molecule has 0 rings (SSSR count). The Morgan fingerprint density at radius 1 is 1.11 bits per heavy atom. The van der Waals surface area contributed by atoms with Gasteiger partial charge in [-0.2, -0.15) is 0 Å². The van der Waals surface area contributed by atoms with Gasteiger partial charge in [0.15, 0.2) is 4.30 Å².